The van der Waals surface area contributed by atoms with Crippen molar-refractivity contribution in [1.82, 2.24) is 10.4 Å². The van der Waals surface area contributed by atoms with E-state index in [-0.39, 0.29) is 25.5 Å². The van der Waals surface area contributed by atoms with Crippen LogP contribution in [0, 0.1) is 0 Å². The molecule has 0 aliphatic rings. The minimum atomic E-state index is -0.674. The average molecular weight is 439 g/mol. The van der Waals surface area contributed by atoms with Crippen LogP contribution in [0.25, 0.3) is 0 Å². The molecule has 1 atom stereocenters. The zero-order chi connectivity index (χ0) is 21.4. The number of rotatable bonds is 9. The first kappa shape index (κ1) is 23.0. The molecule has 0 saturated heterocycles. The lowest BCUT2D eigenvalue weighted by atomic mass is 10.1. The number of hydrazine groups is 1. The zero-order valence-electron chi connectivity index (χ0n) is 16.6. The van der Waals surface area contributed by atoms with Gasteiger partial charge in [-0.2, -0.15) is 0 Å². The number of nitrogens with zero attached hydrogens (tertiary/aromatic N) is 1. The first-order valence-corrected chi connectivity index (χ1v) is 9.92. The quantitative estimate of drug-likeness (QED) is 0.472. The van der Waals surface area contributed by atoms with Crippen molar-refractivity contribution in [2.75, 3.05) is 13.7 Å². The molecule has 0 fully saturated rings. The highest BCUT2D eigenvalue weighted by atomic mass is 35.5. The van der Waals surface area contributed by atoms with Crippen molar-refractivity contribution in [3.63, 3.8) is 0 Å². The largest absolute Gasteiger partial charge is 0.487 e. The summed E-state index contributed by atoms with van der Waals surface area (Å²) >= 11 is 12.6. The normalized spacial score (nSPS) is 11.6. The average Bonchev–Trinajstić information content (AvgIpc) is 2.71. The Morgan fingerprint density at radius 3 is 2.41 bits per heavy atom. The summed E-state index contributed by atoms with van der Waals surface area (Å²) in [7, 11) is 1.53. The van der Waals surface area contributed by atoms with E-state index in [1.165, 1.54) is 12.1 Å². The standard InChI is InChI=1S/C21H24Cl2N2O4/c1-4-28-21(27)14(2)24-25(3)19(26)12-16-17(22)10-11-18(23)20(16)29-13-15-8-6-5-7-9-15/h5-11,14,24H,4,12-13H2,1-3H3. The number of hydrogen-bond acceptors (Lipinski definition) is 5. The lowest BCUT2D eigenvalue weighted by Crippen LogP contribution is -2.48. The highest BCUT2D eigenvalue weighted by molar-refractivity contribution is 6.35. The van der Waals surface area contributed by atoms with Gasteiger partial charge in [0, 0.05) is 17.6 Å². The maximum absolute atomic E-state index is 12.7. The topological polar surface area (TPSA) is 67.9 Å². The van der Waals surface area contributed by atoms with Gasteiger partial charge in [-0.05, 0) is 31.5 Å². The number of carbonyl (C=O) groups excluding carboxylic acids is 2. The predicted molar refractivity (Wildman–Crippen MR) is 113 cm³/mol. The molecule has 1 amide bonds. The molecule has 2 aromatic rings. The van der Waals surface area contributed by atoms with Crippen molar-refractivity contribution < 1.29 is 19.1 Å². The minimum Gasteiger partial charge on any atom is -0.487 e. The third-order valence-corrected chi connectivity index (χ3v) is 4.76. The monoisotopic (exact) mass is 438 g/mol. The molecule has 0 spiro atoms. The molecule has 8 heteroatoms. The van der Waals surface area contributed by atoms with E-state index in [9.17, 15) is 9.59 Å². The Balaban J connectivity index is 2.11. The van der Waals surface area contributed by atoms with Crippen molar-refractivity contribution in [2.45, 2.75) is 32.9 Å². The lowest BCUT2D eigenvalue weighted by molar-refractivity contribution is -0.148. The van der Waals surface area contributed by atoms with E-state index in [0.29, 0.717) is 21.4 Å². The third-order valence-electron chi connectivity index (χ3n) is 4.11. The molecule has 0 bridgehead atoms. The summed E-state index contributed by atoms with van der Waals surface area (Å²) < 4.78 is 10.8. The molecule has 156 valence electrons. The second-order valence-electron chi connectivity index (χ2n) is 6.34. The van der Waals surface area contributed by atoms with Gasteiger partial charge in [0.15, 0.2) is 0 Å². The van der Waals surface area contributed by atoms with Crippen molar-refractivity contribution in [3.8, 4) is 5.75 Å². The Bertz CT molecular complexity index is 846. The predicted octanol–water partition coefficient (Wildman–Crippen LogP) is 4.03. The fraction of sp³-hybridized carbons (Fsp3) is 0.333. The van der Waals surface area contributed by atoms with E-state index in [2.05, 4.69) is 5.43 Å². The fourth-order valence-corrected chi connectivity index (χ4v) is 3.03. The van der Waals surface area contributed by atoms with Crippen LogP contribution in [-0.2, 0) is 27.4 Å². The maximum atomic E-state index is 12.7. The summed E-state index contributed by atoms with van der Waals surface area (Å²) in [6.07, 6.45) is -0.0530. The van der Waals surface area contributed by atoms with Crippen LogP contribution in [-0.4, -0.2) is 36.6 Å². The van der Waals surface area contributed by atoms with Gasteiger partial charge in [-0.3, -0.25) is 14.6 Å². The van der Waals surface area contributed by atoms with Gasteiger partial charge in [0.25, 0.3) is 0 Å². The molecule has 0 radical (unpaired) electrons. The Labute approximate surface area is 180 Å². The number of halogens is 2. The first-order valence-electron chi connectivity index (χ1n) is 9.16. The molecule has 2 aromatic carbocycles. The molecule has 0 aromatic heterocycles. The molecule has 0 saturated carbocycles. The smallest absolute Gasteiger partial charge is 0.324 e. The zero-order valence-corrected chi connectivity index (χ0v) is 18.1. The summed E-state index contributed by atoms with van der Waals surface area (Å²) in [5.74, 6) is -0.391. The van der Waals surface area contributed by atoms with Crippen LogP contribution in [0.5, 0.6) is 5.75 Å². The van der Waals surface area contributed by atoms with Gasteiger partial charge in [0.05, 0.1) is 18.1 Å². The van der Waals surface area contributed by atoms with Gasteiger partial charge in [-0.25, -0.2) is 5.43 Å². The van der Waals surface area contributed by atoms with Crippen LogP contribution >= 0.6 is 23.2 Å². The van der Waals surface area contributed by atoms with E-state index in [1.54, 1.807) is 26.0 Å². The van der Waals surface area contributed by atoms with Gasteiger partial charge in [-0.1, -0.05) is 53.5 Å². The number of carbonyl (C=O) groups is 2. The highest BCUT2D eigenvalue weighted by Crippen LogP contribution is 2.35. The summed E-state index contributed by atoms with van der Waals surface area (Å²) in [6.45, 7) is 3.89. The molecule has 0 heterocycles. The van der Waals surface area contributed by atoms with Crippen molar-refractivity contribution in [2.24, 2.45) is 0 Å². The Morgan fingerprint density at radius 2 is 1.76 bits per heavy atom. The molecular weight excluding hydrogens is 415 g/mol. The number of benzene rings is 2. The summed E-state index contributed by atoms with van der Waals surface area (Å²) in [5, 5.41) is 1.97. The van der Waals surface area contributed by atoms with Crippen LogP contribution in [0.1, 0.15) is 25.0 Å². The molecular formula is C21H24Cl2N2O4. The van der Waals surface area contributed by atoms with E-state index >= 15 is 0 Å². The Kier molecular flexibility index (Phi) is 8.76. The second kappa shape index (κ2) is 11.0. The molecule has 1 N–H and O–H groups in total. The van der Waals surface area contributed by atoms with Crippen LogP contribution in [0.4, 0.5) is 0 Å². The highest BCUT2D eigenvalue weighted by Gasteiger charge is 2.22. The van der Waals surface area contributed by atoms with E-state index < -0.39 is 12.0 Å². The number of esters is 1. The van der Waals surface area contributed by atoms with Crippen LogP contribution < -0.4 is 10.2 Å². The SMILES string of the molecule is CCOC(=O)C(C)NN(C)C(=O)Cc1c(Cl)ccc(Cl)c1OCc1ccccc1. The summed E-state index contributed by atoms with van der Waals surface area (Å²) in [4.78, 5) is 24.4. The Morgan fingerprint density at radius 1 is 1.10 bits per heavy atom. The van der Waals surface area contributed by atoms with E-state index in [4.69, 9.17) is 32.7 Å². The lowest BCUT2D eigenvalue weighted by Gasteiger charge is -2.23. The molecule has 6 nitrogen and oxygen atoms in total. The van der Waals surface area contributed by atoms with Gasteiger partial charge in [0.2, 0.25) is 5.91 Å². The number of amides is 1. The third kappa shape index (κ3) is 6.63. The summed E-state index contributed by atoms with van der Waals surface area (Å²) in [6, 6.07) is 12.2. The molecule has 2 rings (SSSR count). The maximum Gasteiger partial charge on any atom is 0.324 e. The molecule has 29 heavy (non-hydrogen) atoms. The first-order chi connectivity index (χ1) is 13.8. The van der Waals surface area contributed by atoms with Gasteiger partial charge < -0.3 is 9.47 Å². The molecule has 0 aliphatic carbocycles. The van der Waals surface area contributed by atoms with Gasteiger partial charge >= 0.3 is 5.97 Å². The molecule has 1 unspecified atom stereocenters. The second-order valence-corrected chi connectivity index (χ2v) is 7.16. The van der Waals surface area contributed by atoms with Gasteiger partial charge in [-0.15, -0.1) is 0 Å². The number of hydrogen-bond donors (Lipinski definition) is 1. The number of likely N-dealkylation sites (N-methyl/N-ethyl adjacent to an activating group) is 1. The summed E-state index contributed by atoms with van der Waals surface area (Å²) in [5.41, 5.74) is 4.23. The minimum absolute atomic E-state index is 0.0530. The van der Waals surface area contributed by atoms with Crippen molar-refractivity contribution >= 4 is 35.1 Å². The van der Waals surface area contributed by atoms with Crippen molar-refractivity contribution in [1.29, 1.82) is 0 Å². The van der Waals surface area contributed by atoms with E-state index in [1.807, 2.05) is 30.3 Å². The number of ether oxygens (including phenoxy) is 2. The van der Waals surface area contributed by atoms with Crippen LogP contribution in [0.2, 0.25) is 10.0 Å². The van der Waals surface area contributed by atoms with Crippen LogP contribution in [0.3, 0.4) is 0 Å². The van der Waals surface area contributed by atoms with Crippen molar-refractivity contribution in [3.05, 3.63) is 63.6 Å². The van der Waals surface area contributed by atoms with Gasteiger partial charge in [0.1, 0.15) is 18.4 Å². The Hall–Kier alpha value is -2.28. The number of nitrogens with one attached hydrogen (secondary N) is 1. The van der Waals surface area contributed by atoms with Crippen LogP contribution in [0.15, 0.2) is 42.5 Å². The van der Waals surface area contributed by atoms with E-state index in [0.717, 1.165) is 5.56 Å². The fourth-order valence-electron chi connectivity index (χ4n) is 2.58. The molecule has 0 aliphatic heterocycles.